The molecule has 0 N–H and O–H groups in total. The number of thiophene rings is 3. The molecule has 13 rings (SSSR count). The predicted octanol–water partition coefficient (Wildman–Crippen LogP) is 17.9. The Kier molecular flexibility index (Phi) is 8.23. The van der Waals surface area contributed by atoms with E-state index in [1.54, 1.807) is 52.2 Å². The highest BCUT2D eigenvalue weighted by molar-refractivity contribution is 7.28. The number of benzene rings is 9. The maximum atomic E-state index is 14.6. The zero-order valence-corrected chi connectivity index (χ0v) is 36.4. The van der Waals surface area contributed by atoms with E-state index in [4.69, 9.17) is 9.97 Å². The van der Waals surface area contributed by atoms with Gasteiger partial charge in [0.2, 0.25) is 0 Å². The molecule has 2 nitrogen and oxygen atoms in total. The summed E-state index contributed by atoms with van der Waals surface area (Å²) in [6, 6.07) is 56.4. The lowest BCUT2D eigenvalue weighted by Gasteiger charge is -2.16. The number of alkyl halides is 3. The molecule has 304 valence electrons. The number of halogens is 3. The Hall–Kier alpha value is -6.97. The fraction of sp³-hybridized carbons (Fsp3) is 0.0357. The molecule has 0 saturated heterocycles. The predicted molar refractivity (Wildman–Crippen MR) is 267 cm³/mol. The van der Waals surface area contributed by atoms with Crippen molar-refractivity contribution in [2.45, 2.75) is 13.1 Å². The molecule has 0 fully saturated rings. The van der Waals surface area contributed by atoms with Gasteiger partial charge in [-0.05, 0) is 75.8 Å². The zero-order chi connectivity index (χ0) is 42.8. The largest absolute Gasteiger partial charge is 0.417 e. The molecule has 0 saturated carbocycles. The summed E-state index contributed by atoms with van der Waals surface area (Å²) in [6.45, 7) is 2.12. The Morgan fingerprint density at radius 1 is 0.375 bits per heavy atom. The first-order valence-electron chi connectivity index (χ1n) is 21.0. The van der Waals surface area contributed by atoms with Crippen LogP contribution >= 0.6 is 34.0 Å². The Morgan fingerprint density at radius 3 is 1.38 bits per heavy atom. The molecule has 0 spiro atoms. The van der Waals surface area contributed by atoms with Crippen LogP contribution in [0.3, 0.4) is 0 Å². The maximum Gasteiger partial charge on any atom is 0.417 e. The van der Waals surface area contributed by atoms with Gasteiger partial charge in [0.1, 0.15) is 11.0 Å². The van der Waals surface area contributed by atoms with E-state index in [0.29, 0.717) is 16.6 Å². The molecular formula is C56H31F3N2S3. The molecule has 8 heteroatoms. The van der Waals surface area contributed by atoms with Gasteiger partial charge in [-0.2, -0.15) is 13.2 Å². The van der Waals surface area contributed by atoms with Crippen LogP contribution < -0.4 is 0 Å². The molecule has 0 atom stereocenters. The SMILES string of the molecule is Cc1ccccc1-c1ccc2c3ccc(-c4ccccc4C(F)(F)F)cc3c3nc4c(-c5cccc6c5sc5ccccc56)sc(-c5cccc6c5sc5ccccc56)c4nc3c2c1. The lowest BCUT2D eigenvalue weighted by molar-refractivity contribution is -0.137. The van der Waals surface area contributed by atoms with Crippen LogP contribution in [0.15, 0.2) is 170 Å². The van der Waals surface area contributed by atoms with E-state index in [0.717, 1.165) is 76.2 Å². The monoisotopic (exact) mass is 884 g/mol. The van der Waals surface area contributed by atoms with Crippen molar-refractivity contribution in [1.29, 1.82) is 0 Å². The van der Waals surface area contributed by atoms with Crippen LogP contribution in [0, 0.1) is 6.92 Å². The van der Waals surface area contributed by atoms with Gasteiger partial charge >= 0.3 is 6.18 Å². The van der Waals surface area contributed by atoms with Crippen LogP contribution in [0.1, 0.15) is 11.1 Å². The maximum absolute atomic E-state index is 14.6. The van der Waals surface area contributed by atoms with Crippen LogP contribution in [-0.2, 0) is 6.18 Å². The molecule has 0 amide bonds. The van der Waals surface area contributed by atoms with Crippen molar-refractivity contribution in [3.8, 4) is 43.1 Å². The summed E-state index contributed by atoms with van der Waals surface area (Å²) in [5, 5.41) is 8.38. The van der Waals surface area contributed by atoms with E-state index in [1.165, 1.54) is 46.4 Å². The summed E-state index contributed by atoms with van der Waals surface area (Å²) in [6.07, 6.45) is -4.53. The van der Waals surface area contributed by atoms with Crippen LogP contribution in [0.5, 0.6) is 0 Å². The second-order valence-corrected chi connectivity index (χ2v) is 19.4. The molecule has 0 aliphatic heterocycles. The van der Waals surface area contributed by atoms with Gasteiger partial charge in [-0.3, -0.25) is 0 Å². The standard InChI is InChI=1S/C56H31F3N2S3/c1-30-12-2-3-13-33(30)31-24-26-35-36-27-25-32(34-14-4-7-21-45(34)56(57,58)59)29-44(36)49-48(43(35)28-31)60-50-51(61-49)55(42-20-11-18-40-38-16-6-9-23-47(38)63-53(40)42)64-54(50)41-19-10-17-39-37-15-5-8-22-46(37)62-52(39)41/h2-29H,1H3. The summed E-state index contributed by atoms with van der Waals surface area (Å²) in [4.78, 5) is 13.5. The minimum atomic E-state index is -4.53. The van der Waals surface area contributed by atoms with Gasteiger partial charge in [0.15, 0.2) is 0 Å². The normalized spacial score (nSPS) is 12.4. The quantitative estimate of drug-likeness (QED) is 0.165. The fourth-order valence-electron chi connectivity index (χ4n) is 9.71. The van der Waals surface area contributed by atoms with Crippen LogP contribution in [0.25, 0.3) is 127 Å². The highest BCUT2D eigenvalue weighted by atomic mass is 32.1. The Balaban J connectivity index is 1.19. The molecule has 4 heterocycles. The summed E-state index contributed by atoms with van der Waals surface area (Å²) in [7, 11) is 0. The van der Waals surface area contributed by atoms with E-state index in [-0.39, 0.29) is 5.56 Å². The second-order valence-electron chi connectivity index (χ2n) is 16.3. The summed E-state index contributed by atoms with van der Waals surface area (Å²) < 4.78 is 48.5. The first-order valence-corrected chi connectivity index (χ1v) is 23.4. The third kappa shape index (κ3) is 5.62. The third-order valence-corrected chi connectivity index (χ3v) is 16.3. The van der Waals surface area contributed by atoms with Gasteiger partial charge in [-0.15, -0.1) is 34.0 Å². The first kappa shape index (κ1) is 37.6. The van der Waals surface area contributed by atoms with Crippen molar-refractivity contribution in [2.75, 3.05) is 0 Å². The van der Waals surface area contributed by atoms with Gasteiger partial charge in [-0.1, -0.05) is 140 Å². The average molecular weight is 885 g/mol. The minimum absolute atomic E-state index is 0.125. The molecule has 0 aliphatic rings. The number of nitrogens with zero attached hydrogens (tertiary/aromatic N) is 2. The summed E-state index contributed by atoms with van der Waals surface area (Å²) in [5.74, 6) is 0. The number of rotatable bonds is 4. The van der Waals surface area contributed by atoms with E-state index in [2.05, 4.69) is 128 Å². The Morgan fingerprint density at radius 2 is 0.828 bits per heavy atom. The molecule has 0 aliphatic carbocycles. The lowest BCUT2D eigenvalue weighted by atomic mass is 9.91. The lowest BCUT2D eigenvalue weighted by Crippen LogP contribution is -2.06. The highest BCUT2D eigenvalue weighted by Crippen LogP contribution is 2.51. The van der Waals surface area contributed by atoms with Gasteiger partial charge < -0.3 is 0 Å². The smallest absolute Gasteiger partial charge is 0.242 e. The van der Waals surface area contributed by atoms with E-state index < -0.39 is 11.7 Å². The van der Waals surface area contributed by atoms with Gasteiger partial charge in [-0.25, -0.2) is 9.97 Å². The van der Waals surface area contributed by atoms with Gasteiger partial charge in [0, 0.05) is 62.2 Å². The molecule has 64 heavy (non-hydrogen) atoms. The van der Waals surface area contributed by atoms with Crippen LogP contribution in [-0.4, -0.2) is 9.97 Å². The first-order chi connectivity index (χ1) is 31.3. The van der Waals surface area contributed by atoms with Gasteiger partial charge in [0.05, 0.1) is 26.4 Å². The number of fused-ring (bicyclic) bond motifs is 13. The van der Waals surface area contributed by atoms with Crippen LogP contribution in [0.2, 0.25) is 0 Å². The van der Waals surface area contributed by atoms with Crippen molar-refractivity contribution in [2.24, 2.45) is 0 Å². The summed E-state index contributed by atoms with van der Waals surface area (Å²) in [5.41, 5.74) is 8.38. The molecule has 0 unspecified atom stereocenters. The highest BCUT2D eigenvalue weighted by Gasteiger charge is 2.33. The second kappa shape index (κ2) is 14.0. The summed E-state index contributed by atoms with van der Waals surface area (Å²) >= 11 is 5.30. The van der Waals surface area contributed by atoms with Gasteiger partial charge in [0.25, 0.3) is 0 Å². The van der Waals surface area contributed by atoms with Crippen molar-refractivity contribution >= 4 is 118 Å². The van der Waals surface area contributed by atoms with Crippen molar-refractivity contribution < 1.29 is 13.2 Å². The molecular weight excluding hydrogens is 854 g/mol. The molecule has 0 bridgehead atoms. The molecule has 9 aromatic carbocycles. The number of aryl methyl sites for hydroxylation is 1. The number of hydrogen-bond donors (Lipinski definition) is 0. The minimum Gasteiger partial charge on any atom is -0.242 e. The molecule has 13 aromatic rings. The van der Waals surface area contributed by atoms with Crippen molar-refractivity contribution in [3.05, 3.63) is 181 Å². The van der Waals surface area contributed by atoms with E-state index in [9.17, 15) is 13.2 Å². The zero-order valence-electron chi connectivity index (χ0n) is 33.9. The van der Waals surface area contributed by atoms with Crippen molar-refractivity contribution in [1.82, 2.24) is 9.97 Å². The van der Waals surface area contributed by atoms with E-state index >= 15 is 0 Å². The third-order valence-electron chi connectivity index (χ3n) is 12.7. The number of aromatic nitrogens is 2. The topological polar surface area (TPSA) is 25.8 Å². The van der Waals surface area contributed by atoms with E-state index in [1.807, 2.05) is 18.2 Å². The van der Waals surface area contributed by atoms with Crippen molar-refractivity contribution in [3.63, 3.8) is 0 Å². The molecule has 4 aromatic heterocycles. The van der Waals surface area contributed by atoms with Crippen LogP contribution in [0.4, 0.5) is 13.2 Å². The Labute approximate surface area is 376 Å². The average Bonchev–Trinajstić information content (AvgIpc) is 4.02. The molecule has 0 radical (unpaired) electrons. The Bertz CT molecular complexity index is 4100. The fourth-order valence-corrected chi connectivity index (χ4v) is 13.5. The number of hydrogen-bond acceptors (Lipinski definition) is 5.